The normalized spacial score (nSPS) is 26.3. The number of likely N-dealkylation sites (tertiary alicyclic amines) is 1. The quantitative estimate of drug-likeness (QED) is 0.708. The number of methoxy groups -OCH3 is 1. The van der Waals surface area contributed by atoms with Gasteiger partial charge in [-0.1, -0.05) is 0 Å². The first-order chi connectivity index (χ1) is 10.0. The van der Waals surface area contributed by atoms with Gasteiger partial charge in [0.05, 0.1) is 26.2 Å². The summed E-state index contributed by atoms with van der Waals surface area (Å²) in [6.45, 7) is 1.45. The van der Waals surface area contributed by atoms with Crippen molar-refractivity contribution in [3.05, 3.63) is 0 Å². The number of ether oxygens (including phenoxy) is 2. The van der Waals surface area contributed by atoms with Crippen molar-refractivity contribution < 1.29 is 29.0 Å². The largest absolute Gasteiger partial charge is 0.481 e. The Morgan fingerprint density at radius 1 is 1.29 bits per heavy atom. The Morgan fingerprint density at radius 2 is 2.05 bits per heavy atom. The van der Waals surface area contributed by atoms with Gasteiger partial charge in [0.25, 0.3) is 0 Å². The molecule has 8 nitrogen and oxygen atoms in total. The van der Waals surface area contributed by atoms with E-state index in [-0.39, 0.29) is 19.2 Å². The van der Waals surface area contributed by atoms with Crippen LogP contribution in [0.25, 0.3) is 0 Å². The molecule has 1 unspecified atom stereocenters. The van der Waals surface area contributed by atoms with Crippen molar-refractivity contribution >= 4 is 18.0 Å². The molecule has 2 aliphatic rings. The maximum Gasteiger partial charge on any atom is 0.331 e. The second-order valence-corrected chi connectivity index (χ2v) is 5.21. The first kappa shape index (κ1) is 15.6. The van der Waals surface area contributed by atoms with Crippen LogP contribution in [0, 0.1) is 5.92 Å². The zero-order valence-corrected chi connectivity index (χ0v) is 12.0. The van der Waals surface area contributed by atoms with E-state index in [2.05, 4.69) is 0 Å². The Bertz CT molecular complexity index is 427. The van der Waals surface area contributed by atoms with Crippen molar-refractivity contribution in [3.8, 4) is 0 Å². The van der Waals surface area contributed by atoms with E-state index in [4.69, 9.17) is 14.6 Å². The smallest absolute Gasteiger partial charge is 0.331 e. The monoisotopic (exact) mass is 300 g/mol. The van der Waals surface area contributed by atoms with Crippen molar-refractivity contribution in [2.45, 2.75) is 18.9 Å². The maximum atomic E-state index is 12.5. The lowest BCUT2D eigenvalue weighted by atomic mass is 9.98. The fourth-order valence-electron chi connectivity index (χ4n) is 2.70. The highest BCUT2D eigenvalue weighted by atomic mass is 16.5. The first-order valence-electron chi connectivity index (χ1n) is 6.98. The molecule has 0 aliphatic carbocycles. The summed E-state index contributed by atoms with van der Waals surface area (Å²) in [6.07, 6.45) is 1.22. The molecule has 2 atom stereocenters. The Kier molecular flexibility index (Phi) is 5.00. The van der Waals surface area contributed by atoms with Gasteiger partial charge >= 0.3 is 18.0 Å². The Labute approximate surface area is 122 Å². The number of morpholine rings is 1. The number of hydrogen-bond acceptors (Lipinski definition) is 5. The van der Waals surface area contributed by atoms with E-state index >= 15 is 0 Å². The number of aliphatic carboxylic acids is 1. The second-order valence-electron chi connectivity index (χ2n) is 5.21. The lowest BCUT2D eigenvalue weighted by molar-refractivity contribution is -0.152. The van der Waals surface area contributed by atoms with Crippen LogP contribution in [-0.4, -0.2) is 78.9 Å². The van der Waals surface area contributed by atoms with E-state index in [0.717, 1.165) is 0 Å². The van der Waals surface area contributed by atoms with Crippen LogP contribution >= 0.6 is 0 Å². The number of urea groups is 1. The molecule has 0 aromatic rings. The topological polar surface area (TPSA) is 96.4 Å². The number of carbonyl (C=O) groups is 3. The van der Waals surface area contributed by atoms with Gasteiger partial charge in [-0.3, -0.25) is 4.79 Å². The zero-order valence-electron chi connectivity index (χ0n) is 12.0. The van der Waals surface area contributed by atoms with Gasteiger partial charge in [-0.15, -0.1) is 0 Å². The maximum absolute atomic E-state index is 12.5. The third-order valence-electron chi connectivity index (χ3n) is 3.89. The van der Waals surface area contributed by atoms with Gasteiger partial charge in [-0.25, -0.2) is 9.59 Å². The van der Waals surface area contributed by atoms with Crippen molar-refractivity contribution in [1.29, 1.82) is 0 Å². The Balaban J connectivity index is 2.06. The van der Waals surface area contributed by atoms with Crippen LogP contribution in [0.4, 0.5) is 4.79 Å². The molecule has 2 heterocycles. The number of carboxylic acids is 1. The predicted octanol–water partition coefficient (Wildman–Crippen LogP) is -0.223. The average Bonchev–Trinajstić information content (AvgIpc) is 2.53. The summed E-state index contributed by atoms with van der Waals surface area (Å²) in [5.41, 5.74) is 0. The zero-order chi connectivity index (χ0) is 15.4. The van der Waals surface area contributed by atoms with E-state index in [0.29, 0.717) is 32.5 Å². The third-order valence-corrected chi connectivity index (χ3v) is 3.89. The molecule has 118 valence electrons. The van der Waals surface area contributed by atoms with Crippen molar-refractivity contribution in [2.75, 3.05) is 40.0 Å². The van der Waals surface area contributed by atoms with Crippen LogP contribution < -0.4 is 0 Å². The van der Waals surface area contributed by atoms with E-state index in [1.807, 2.05) is 0 Å². The fraction of sp³-hybridized carbons (Fsp3) is 0.769. The second kappa shape index (κ2) is 6.75. The Morgan fingerprint density at radius 3 is 2.71 bits per heavy atom. The standard InChI is InChI=1S/C13H20N2O6/c1-20-12(18)10-8-21-6-5-15(10)13(19)14-4-2-3-9(7-14)11(16)17/h9-10H,2-8H2,1H3,(H,16,17)/t9-,10?/m0/s1. The Hall–Kier alpha value is -1.83. The minimum Gasteiger partial charge on any atom is -0.481 e. The van der Waals surface area contributed by atoms with Crippen LogP contribution in [0.15, 0.2) is 0 Å². The molecule has 0 spiro atoms. The number of esters is 1. The van der Waals surface area contributed by atoms with Crippen LogP contribution in [0.3, 0.4) is 0 Å². The predicted molar refractivity (Wildman–Crippen MR) is 70.7 cm³/mol. The average molecular weight is 300 g/mol. The van der Waals surface area contributed by atoms with Crippen LogP contribution in [-0.2, 0) is 19.1 Å². The number of carbonyl (C=O) groups excluding carboxylic acids is 2. The third kappa shape index (κ3) is 3.44. The molecular weight excluding hydrogens is 280 g/mol. The number of rotatable bonds is 2. The highest BCUT2D eigenvalue weighted by Gasteiger charge is 2.38. The summed E-state index contributed by atoms with van der Waals surface area (Å²) >= 11 is 0. The summed E-state index contributed by atoms with van der Waals surface area (Å²) in [7, 11) is 1.26. The van der Waals surface area contributed by atoms with E-state index in [1.54, 1.807) is 0 Å². The van der Waals surface area contributed by atoms with Crippen molar-refractivity contribution in [3.63, 3.8) is 0 Å². The van der Waals surface area contributed by atoms with Gasteiger partial charge in [0.15, 0.2) is 6.04 Å². The van der Waals surface area contributed by atoms with Crippen LogP contribution in [0.5, 0.6) is 0 Å². The molecule has 0 aromatic heterocycles. The molecule has 1 N–H and O–H groups in total. The number of amides is 2. The first-order valence-corrected chi connectivity index (χ1v) is 6.98. The molecule has 0 radical (unpaired) electrons. The lowest BCUT2D eigenvalue weighted by Gasteiger charge is -2.39. The van der Waals surface area contributed by atoms with E-state index in [1.165, 1.54) is 16.9 Å². The highest BCUT2D eigenvalue weighted by Crippen LogP contribution is 2.20. The molecule has 0 bridgehead atoms. The van der Waals surface area contributed by atoms with Gasteiger partial charge in [-0.2, -0.15) is 0 Å². The van der Waals surface area contributed by atoms with Gasteiger partial charge < -0.3 is 24.4 Å². The minimum atomic E-state index is -0.890. The molecule has 2 rings (SSSR count). The van der Waals surface area contributed by atoms with E-state index in [9.17, 15) is 14.4 Å². The summed E-state index contributed by atoms with van der Waals surface area (Å²) in [4.78, 5) is 38.3. The molecule has 2 saturated heterocycles. The van der Waals surface area contributed by atoms with Crippen molar-refractivity contribution in [2.24, 2.45) is 5.92 Å². The number of nitrogens with zero attached hydrogens (tertiary/aromatic N) is 2. The molecule has 0 aromatic carbocycles. The minimum absolute atomic E-state index is 0.106. The summed E-state index contributed by atoms with van der Waals surface area (Å²) in [5, 5.41) is 9.08. The molecule has 2 amide bonds. The number of hydrogen-bond donors (Lipinski definition) is 1. The SMILES string of the molecule is COC(=O)C1COCCN1C(=O)N1CCC[C@H](C(=O)O)C1. The molecular formula is C13H20N2O6. The van der Waals surface area contributed by atoms with Gasteiger partial charge in [0.2, 0.25) is 0 Å². The van der Waals surface area contributed by atoms with Gasteiger partial charge in [0, 0.05) is 19.6 Å². The van der Waals surface area contributed by atoms with Crippen LogP contribution in [0.1, 0.15) is 12.8 Å². The van der Waals surface area contributed by atoms with Crippen LogP contribution in [0.2, 0.25) is 0 Å². The van der Waals surface area contributed by atoms with Gasteiger partial charge in [-0.05, 0) is 12.8 Å². The van der Waals surface area contributed by atoms with E-state index < -0.39 is 23.9 Å². The number of piperidine rings is 1. The molecule has 2 aliphatic heterocycles. The summed E-state index contributed by atoms with van der Waals surface area (Å²) in [6, 6.07) is -1.08. The highest BCUT2D eigenvalue weighted by molar-refractivity contribution is 5.84. The molecule has 21 heavy (non-hydrogen) atoms. The lowest BCUT2D eigenvalue weighted by Crippen LogP contribution is -2.58. The molecule has 0 saturated carbocycles. The number of carboxylic acid groups (broad SMARTS) is 1. The molecule has 2 fully saturated rings. The van der Waals surface area contributed by atoms with Gasteiger partial charge in [0.1, 0.15) is 0 Å². The summed E-state index contributed by atoms with van der Waals surface area (Å²) in [5.74, 6) is -1.95. The molecule has 8 heteroatoms. The van der Waals surface area contributed by atoms with Crippen molar-refractivity contribution in [1.82, 2.24) is 9.80 Å². The summed E-state index contributed by atoms with van der Waals surface area (Å²) < 4.78 is 9.92. The fourth-order valence-corrected chi connectivity index (χ4v) is 2.70.